The Labute approximate surface area is 199 Å². The average Bonchev–Trinajstić information content (AvgIpc) is 3.59. The van der Waals surface area contributed by atoms with Crippen molar-refractivity contribution in [3.63, 3.8) is 0 Å². The van der Waals surface area contributed by atoms with E-state index in [-0.39, 0.29) is 11.8 Å². The summed E-state index contributed by atoms with van der Waals surface area (Å²) < 4.78 is 0. The fourth-order valence-electron chi connectivity index (χ4n) is 4.64. The number of fused-ring (bicyclic) bond motifs is 1. The van der Waals surface area contributed by atoms with Gasteiger partial charge in [0.2, 0.25) is 0 Å². The second-order valence-electron chi connectivity index (χ2n) is 8.76. The molecule has 176 valence electrons. The molecule has 2 fully saturated rings. The van der Waals surface area contributed by atoms with E-state index in [1.54, 1.807) is 24.0 Å². The SMILES string of the molecule is CC#CC(=O)N1CCC(c2[nH]c3ncnc(N)c3c2-c2ccc(C=O)cc2)C1.CN1CCCC1. The van der Waals surface area contributed by atoms with Gasteiger partial charge in [-0.2, -0.15) is 0 Å². The molecule has 0 saturated carbocycles. The van der Waals surface area contributed by atoms with E-state index in [0.717, 1.165) is 34.9 Å². The summed E-state index contributed by atoms with van der Waals surface area (Å²) in [5, 5.41) is 0.759. The van der Waals surface area contributed by atoms with E-state index in [1.165, 1.54) is 32.3 Å². The number of H-pyrrole nitrogens is 1. The van der Waals surface area contributed by atoms with Gasteiger partial charge in [-0.25, -0.2) is 9.97 Å². The van der Waals surface area contributed by atoms with Gasteiger partial charge in [0.05, 0.1) is 5.39 Å². The lowest BCUT2D eigenvalue weighted by Gasteiger charge is -2.14. The lowest BCUT2D eigenvalue weighted by atomic mass is 9.94. The van der Waals surface area contributed by atoms with Crippen molar-refractivity contribution >= 4 is 29.0 Å². The van der Waals surface area contributed by atoms with Crippen molar-refractivity contribution in [3.8, 4) is 23.0 Å². The van der Waals surface area contributed by atoms with Crippen LogP contribution in [0.1, 0.15) is 48.2 Å². The molecular weight excluding hydrogens is 428 g/mol. The molecule has 3 aromatic rings. The van der Waals surface area contributed by atoms with Gasteiger partial charge < -0.3 is 20.5 Å². The molecule has 1 atom stereocenters. The number of anilines is 1. The molecule has 0 aliphatic carbocycles. The van der Waals surface area contributed by atoms with Gasteiger partial charge in [-0.3, -0.25) is 9.59 Å². The quantitative estimate of drug-likeness (QED) is 0.461. The summed E-state index contributed by atoms with van der Waals surface area (Å²) in [5.41, 5.74) is 10.2. The van der Waals surface area contributed by atoms with Gasteiger partial charge in [-0.15, -0.1) is 0 Å². The van der Waals surface area contributed by atoms with Crippen LogP contribution in [0, 0.1) is 11.8 Å². The minimum Gasteiger partial charge on any atom is -0.383 e. The number of likely N-dealkylation sites (tertiary alicyclic amines) is 2. The van der Waals surface area contributed by atoms with Gasteiger partial charge in [0, 0.05) is 35.8 Å². The molecule has 2 saturated heterocycles. The lowest BCUT2D eigenvalue weighted by Crippen LogP contribution is -2.27. The fourth-order valence-corrected chi connectivity index (χ4v) is 4.64. The third-order valence-electron chi connectivity index (χ3n) is 6.43. The molecule has 8 nitrogen and oxygen atoms in total. The molecule has 5 rings (SSSR count). The molecule has 1 unspecified atom stereocenters. The Morgan fingerprint density at radius 1 is 1.18 bits per heavy atom. The number of benzene rings is 1. The molecule has 0 bridgehead atoms. The summed E-state index contributed by atoms with van der Waals surface area (Å²) in [6, 6.07) is 7.32. The van der Waals surface area contributed by atoms with Gasteiger partial charge in [0.1, 0.15) is 24.1 Å². The van der Waals surface area contributed by atoms with E-state index in [0.29, 0.717) is 30.1 Å². The number of hydrogen-bond donors (Lipinski definition) is 2. The first-order valence-electron chi connectivity index (χ1n) is 11.6. The van der Waals surface area contributed by atoms with Crippen LogP contribution in [0.15, 0.2) is 30.6 Å². The highest BCUT2D eigenvalue weighted by Crippen LogP contribution is 2.40. The van der Waals surface area contributed by atoms with Crippen LogP contribution >= 0.6 is 0 Å². The zero-order valence-corrected chi connectivity index (χ0v) is 19.7. The highest BCUT2D eigenvalue weighted by atomic mass is 16.2. The molecule has 4 heterocycles. The standard InChI is InChI=1S/C21H19N5O2.C5H11N/c1-2-3-16(28)26-9-8-15(10-26)19-17(14-6-4-13(11-27)5-7-14)18-20(22)23-12-24-21(18)25-19;1-6-4-2-3-5-6/h4-7,11-12,15H,8-10H2,1H3,(H3,22,23,24,25);2-5H2,1H3. The lowest BCUT2D eigenvalue weighted by molar-refractivity contribution is -0.124. The number of hydrogen-bond acceptors (Lipinski definition) is 6. The number of aromatic nitrogens is 3. The molecule has 34 heavy (non-hydrogen) atoms. The van der Waals surface area contributed by atoms with Crippen LogP contribution in [0.3, 0.4) is 0 Å². The number of nitrogen functional groups attached to an aromatic ring is 1. The average molecular weight is 459 g/mol. The zero-order chi connectivity index (χ0) is 24.1. The highest BCUT2D eigenvalue weighted by Gasteiger charge is 2.31. The number of nitrogens with zero attached hydrogens (tertiary/aromatic N) is 4. The maximum atomic E-state index is 12.1. The first-order chi connectivity index (χ1) is 16.5. The van der Waals surface area contributed by atoms with E-state index < -0.39 is 0 Å². The van der Waals surface area contributed by atoms with E-state index in [1.807, 2.05) is 12.1 Å². The van der Waals surface area contributed by atoms with Gasteiger partial charge in [-0.1, -0.05) is 30.2 Å². The first-order valence-corrected chi connectivity index (χ1v) is 11.6. The zero-order valence-electron chi connectivity index (χ0n) is 19.7. The van der Waals surface area contributed by atoms with E-state index in [9.17, 15) is 9.59 Å². The van der Waals surface area contributed by atoms with Crippen LogP contribution in [0.5, 0.6) is 0 Å². The number of carbonyl (C=O) groups is 2. The number of nitrogens with two attached hydrogens (primary N) is 1. The van der Waals surface area contributed by atoms with Crippen LogP contribution in [0.25, 0.3) is 22.2 Å². The number of amides is 1. The Hall–Kier alpha value is -3.70. The number of carbonyl (C=O) groups excluding carboxylic acids is 2. The molecular formula is C26H30N6O2. The van der Waals surface area contributed by atoms with Crippen molar-refractivity contribution in [3.05, 3.63) is 41.9 Å². The molecule has 0 spiro atoms. The Balaban J connectivity index is 0.000000398. The minimum absolute atomic E-state index is 0.108. The number of nitrogens with one attached hydrogen (secondary N) is 1. The van der Waals surface area contributed by atoms with Crippen molar-refractivity contribution < 1.29 is 9.59 Å². The molecule has 2 aliphatic heterocycles. The Kier molecular flexibility index (Phi) is 7.24. The summed E-state index contributed by atoms with van der Waals surface area (Å²) in [5.74, 6) is 5.62. The van der Waals surface area contributed by atoms with Gasteiger partial charge in [0.15, 0.2) is 0 Å². The highest BCUT2D eigenvalue weighted by molar-refractivity contribution is 6.02. The predicted octanol–water partition coefficient (Wildman–Crippen LogP) is 3.07. The first kappa shape index (κ1) is 23.5. The summed E-state index contributed by atoms with van der Waals surface area (Å²) in [7, 11) is 2.17. The Morgan fingerprint density at radius 2 is 1.91 bits per heavy atom. The monoisotopic (exact) mass is 458 g/mol. The predicted molar refractivity (Wildman–Crippen MR) is 133 cm³/mol. The number of aromatic amines is 1. The van der Waals surface area contributed by atoms with Crippen molar-refractivity contribution in [2.75, 3.05) is 39.0 Å². The molecule has 2 aliphatic rings. The third kappa shape index (κ3) is 4.95. The topological polar surface area (TPSA) is 108 Å². The van der Waals surface area contributed by atoms with Crippen LogP contribution in [-0.2, 0) is 4.79 Å². The largest absolute Gasteiger partial charge is 0.383 e. The minimum atomic E-state index is -0.155. The van der Waals surface area contributed by atoms with Crippen LogP contribution in [-0.4, -0.2) is 70.2 Å². The maximum Gasteiger partial charge on any atom is 0.298 e. The number of aldehydes is 1. The smallest absolute Gasteiger partial charge is 0.298 e. The second-order valence-corrected chi connectivity index (χ2v) is 8.76. The molecule has 1 aromatic carbocycles. The number of rotatable bonds is 3. The molecule has 2 aromatic heterocycles. The summed E-state index contributed by atoms with van der Waals surface area (Å²) in [6.07, 6.45) is 5.88. The summed E-state index contributed by atoms with van der Waals surface area (Å²) in [4.78, 5) is 39.1. The van der Waals surface area contributed by atoms with Crippen molar-refractivity contribution in [2.45, 2.75) is 32.1 Å². The van der Waals surface area contributed by atoms with Gasteiger partial charge >= 0.3 is 0 Å². The molecule has 0 radical (unpaired) electrons. The van der Waals surface area contributed by atoms with Crippen molar-refractivity contribution in [1.29, 1.82) is 0 Å². The second kappa shape index (κ2) is 10.5. The maximum absolute atomic E-state index is 12.1. The summed E-state index contributed by atoms with van der Waals surface area (Å²) >= 11 is 0. The Bertz CT molecular complexity index is 1230. The molecule has 8 heteroatoms. The fraction of sp³-hybridized carbons (Fsp3) is 0.385. The van der Waals surface area contributed by atoms with Gasteiger partial charge in [-0.05, 0) is 57.8 Å². The molecule has 1 amide bonds. The van der Waals surface area contributed by atoms with Crippen LogP contribution in [0.4, 0.5) is 5.82 Å². The van der Waals surface area contributed by atoms with Crippen molar-refractivity contribution in [1.82, 2.24) is 24.8 Å². The van der Waals surface area contributed by atoms with E-state index in [4.69, 9.17) is 5.73 Å². The Morgan fingerprint density at radius 3 is 2.53 bits per heavy atom. The third-order valence-corrected chi connectivity index (χ3v) is 6.43. The van der Waals surface area contributed by atoms with Crippen LogP contribution in [0.2, 0.25) is 0 Å². The van der Waals surface area contributed by atoms with E-state index in [2.05, 4.69) is 38.7 Å². The summed E-state index contributed by atoms with van der Waals surface area (Å²) in [6.45, 7) is 5.52. The normalized spacial score (nSPS) is 17.7. The molecule has 3 N–H and O–H groups in total. The van der Waals surface area contributed by atoms with Crippen molar-refractivity contribution in [2.24, 2.45) is 0 Å². The van der Waals surface area contributed by atoms with Crippen LogP contribution < -0.4 is 5.73 Å². The van der Waals surface area contributed by atoms with E-state index >= 15 is 0 Å². The van der Waals surface area contributed by atoms with Gasteiger partial charge in [0.25, 0.3) is 5.91 Å².